The quantitative estimate of drug-likeness (QED) is 0.751. The number of nitrogens with zero attached hydrogens (tertiary/aromatic N) is 3. The number of rotatable bonds is 3. The Balaban J connectivity index is 1.49. The maximum Gasteiger partial charge on any atom is 0.416 e. The average Bonchev–Trinajstić information content (AvgIpc) is 2.92. The molecule has 0 aliphatic carbocycles. The van der Waals surface area contributed by atoms with Gasteiger partial charge in [0.1, 0.15) is 6.17 Å². The van der Waals surface area contributed by atoms with Crippen LogP contribution in [0.25, 0.3) is 0 Å². The maximum absolute atomic E-state index is 12.8. The molecule has 28 heavy (non-hydrogen) atoms. The molecule has 0 amide bonds. The molecule has 146 valence electrons. The third-order valence-electron chi connectivity index (χ3n) is 4.69. The molecule has 2 aliphatic heterocycles. The lowest BCUT2D eigenvalue weighted by Gasteiger charge is -2.31. The zero-order valence-electron chi connectivity index (χ0n) is 14.9. The summed E-state index contributed by atoms with van der Waals surface area (Å²) in [6.45, 7) is 1.26. The topological polar surface area (TPSA) is 65.1 Å². The largest absolute Gasteiger partial charge is 0.416 e. The molecule has 0 bridgehead atoms. The van der Waals surface area contributed by atoms with E-state index in [-0.39, 0.29) is 6.17 Å². The molecule has 2 aromatic rings. The summed E-state index contributed by atoms with van der Waals surface area (Å²) >= 11 is 0. The van der Waals surface area contributed by atoms with Gasteiger partial charge in [0.2, 0.25) is 0 Å². The molecule has 1 aromatic heterocycles. The molecular weight excluding hydrogens is 369 g/mol. The van der Waals surface area contributed by atoms with Gasteiger partial charge in [-0.05, 0) is 42.3 Å². The van der Waals surface area contributed by atoms with E-state index in [1.165, 1.54) is 12.1 Å². The molecule has 0 saturated carbocycles. The molecule has 1 aromatic carbocycles. The van der Waals surface area contributed by atoms with E-state index in [2.05, 4.69) is 25.9 Å². The van der Waals surface area contributed by atoms with Crippen molar-refractivity contribution in [3.63, 3.8) is 0 Å². The van der Waals surface area contributed by atoms with E-state index in [0.29, 0.717) is 18.9 Å². The summed E-state index contributed by atoms with van der Waals surface area (Å²) in [5.74, 6) is 0.763. The molecule has 4 rings (SSSR count). The molecule has 0 saturated heterocycles. The molecule has 0 spiro atoms. The van der Waals surface area contributed by atoms with Crippen molar-refractivity contribution >= 4 is 11.5 Å². The highest BCUT2D eigenvalue weighted by molar-refractivity contribution is 5.50. The van der Waals surface area contributed by atoms with Crippen molar-refractivity contribution < 1.29 is 13.2 Å². The van der Waals surface area contributed by atoms with Crippen LogP contribution in [-0.4, -0.2) is 29.3 Å². The number of alkyl halides is 3. The minimum atomic E-state index is -4.34. The van der Waals surface area contributed by atoms with Gasteiger partial charge in [0.05, 0.1) is 18.4 Å². The highest BCUT2D eigenvalue weighted by Gasteiger charge is 2.30. The smallest absolute Gasteiger partial charge is 0.372 e. The van der Waals surface area contributed by atoms with Crippen molar-refractivity contribution in [1.82, 2.24) is 20.6 Å². The van der Waals surface area contributed by atoms with Crippen LogP contribution in [0, 0.1) is 0 Å². The maximum atomic E-state index is 12.8. The van der Waals surface area contributed by atoms with E-state index in [9.17, 15) is 13.2 Å². The number of halogens is 3. The lowest BCUT2D eigenvalue weighted by molar-refractivity contribution is -0.137. The van der Waals surface area contributed by atoms with Crippen LogP contribution < -0.4 is 20.9 Å². The van der Waals surface area contributed by atoms with E-state index in [1.807, 2.05) is 17.2 Å². The van der Waals surface area contributed by atoms with Gasteiger partial charge in [-0.1, -0.05) is 0 Å². The summed E-state index contributed by atoms with van der Waals surface area (Å²) < 4.78 is 38.3. The standard InChI is InChI=1S/C19H19F3N6/c20-19(21,22)13-1-3-14(4-2-13)27-18-15-5-9-28(17-11-23-7-8-24-17)10-6-16(15)25-12-26-18/h1-4,6-8,10-11,18,25-27H,5,9,12H2. The molecule has 6 nitrogen and oxygen atoms in total. The van der Waals surface area contributed by atoms with Crippen LogP contribution in [0.2, 0.25) is 0 Å². The third-order valence-corrected chi connectivity index (χ3v) is 4.69. The van der Waals surface area contributed by atoms with Crippen molar-refractivity contribution in [2.24, 2.45) is 0 Å². The first-order valence-electron chi connectivity index (χ1n) is 8.86. The molecule has 0 radical (unpaired) electrons. The fraction of sp³-hybridized carbons (Fsp3) is 0.263. The zero-order valence-corrected chi connectivity index (χ0v) is 14.9. The number of hydrogen-bond donors (Lipinski definition) is 3. The minimum Gasteiger partial charge on any atom is -0.372 e. The second-order valence-corrected chi connectivity index (χ2v) is 6.47. The molecule has 9 heteroatoms. The van der Waals surface area contributed by atoms with Crippen LogP contribution in [0.4, 0.5) is 24.7 Å². The summed E-state index contributed by atoms with van der Waals surface area (Å²) in [5, 5.41) is 9.90. The number of allylic oxidation sites excluding steroid dienone is 1. The Morgan fingerprint density at radius 3 is 2.68 bits per heavy atom. The number of anilines is 2. The van der Waals surface area contributed by atoms with E-state index in [1.54, 1.807) is 18.6 Å². The van der Waals surface area contributed by atoms with Gasteiger partial charge >= 0.3 is 6.18 Å². The molecule has 0 fully saturated rings. The van der Waals surface area contributed by atoms with E-state index < -0.39 is 11.7 Å². The first kappa shape index (κ1) is 18.3. The van der Waals surface area contributed by atoms with Crippen molar-refractivity contribution in [1.29, 1.82) is 0 Å². The number of aromatic nitrogens is 2. The van der Waals surface area contributed by atoms with Crippen LogP contribution in [0.15, 0.2) is 66.4 Å². The fourth-order valence-electron chi connectivity index (χ4n) is 3.26. The Morgan fingerprint density at radius 1 is 1.14 bits per heavy atom. The van der Waals surface area contributed by atoms with Gasteiger partial charge in [-0.2, -0.15) is 13.2 Å². The molecular formula is C19H19F3N6. The highest BCUT2D eigenvalue weighted by Crippen LogP contribution is 2.30. The molecule has 2 aliphatic rings. The Bertz CT molecular complexity index is 877. The predicted molar refractivity (Wildman–Crippen MR) is 100 cm³/mol. The summed E-state index contributed by atoms with van der Waals surface area (Å²) in [5.41, 5.74) is 2.06. The van der Waals surface area contributed by atoms with Gasteiger partial charge in [-0.25, -0.2) is 4.98 Å². The van der Waals surface area contributed by atoms with Crippen LogP contribution in [0.3, 0.4) is 0 Å². The molecule has 1 unspecified atom stereocenters. The van der Waals surface area contributed by atoms with Gasteiger partial charge in [-0.15, -0.1) is 0 Å². The van der Waals surface area contributed by atoms with Crippen LogP contribution in [0.1, 0.15) is 12.0 Å². The van der Waals surface area contributed by atoms with Gasteiger partial charge in [-0.3, -0.25) is 10.3 Å². The van der Waals surface area contributed by atoms with Crippen molar-refractivity contribution in [3.05, 3.63) is 72.0 Å². The first-order valence-corrected chi connectivity index (χ1v) is 8.86. The van der Waals surface area contributed by atoms with Gasteiger partial charge < -0.3 is 15.5 Å². The van der Waals surface area contributed by atoms with Crippen LogP contribution in [-0.2, 0) is 6.18 Å². The van der Waals surface area contributed by atoms with Crippen LogP contribution >= 0.6 is 0 Å². The minimum absolute atomic E-state index is 0.181. The number of hydrogen-bond acceptors (Lipinski definition) is 6. The van der Waals surface area contributed by atoms with E-state index in [0.717, 1.165) is 35.6 Å². The average molecular weight is 388 g/mol. The summed E-state index contributed by atoms with van der Waals surface area (Å²) in [4.78, 5) is 10.4. The molecule has 3 N–H and O–H groups in total. The van der Waals surface area contributed by atoms with Crippen molar-refractivity contribution in [2.45, 2.75) is 18.8 Å². The lowest BCUT2D eigenvalue weighted by atomic mass is 10.0. The van der Waals surface area contributed by atoms with Crippen LogP contribution in [0.5, 0.6) is 0 Å². The normalized spacial score (nSPS) is 19.7. The van der Waals surface area contributed by atoms with Gasteiger partial charge in [0.25, 0.3) is 0 Å². The molecule has 1 atom stereocenters. The van der Waals surface area contributed by atoms with Gasteiger partial charge in [0.15, 0.2) is 5.82 Å². The van der Waals surface area contributed by atoms with E-state index >= 15 is 0 Å². The summed E-state index contributed by atoms with van der Waals surface area (Å²) in [6, 6.07) is 5.07. The lowest BCUT2D eigenvalue weighted by Crippen LogP contribution is -2.48. The highest BCUT2D eigenvalue weighted by atomic mass is 19.4. The van der Waals surface area contributed by atoms with Gasteiger partial charge in [0, 0.05) is 36.5 Å². The fourth-order valence-corrected chi connectivity index (χ4v) is 3.26. The number of benzene rings is 1. The summed E-state index contributed by atoms with van der Waals surface area (Å²) in [7, 11) is 0. The summed E-state index contributed by atoms with van der Waals surface area (Å²) in [6.07, 6.45) is 5.16. The zero-order chi connectivity index (χ0) is 19.6. The Morgan fingerprint density at radius 2 is 1.96 bits per heavy atom. The Labute approximate surface area is 160 Å². The number of nitrogens with one attached hydrogen (secondary N) is 3. The predicted octanol–water partition coefficient (Wildman–Crippen LogP) is 3.06. The second-order valence-electron chi connectivity index (χ2n) is 6.47. The van der Waals surface area contributed by atoms with Crippen molar-refractivity contribution in [2.75, 3.05) is 23.4 Å². The second kappa shape index (κ2) is 7.51. The van der Waals surface area contributed by atoms with E-state index in [4.69, 9.17) is 0 Å². The van der Waals surface area contributed by atoms with Crippen molar-refractivity contribution in [3.8, 4) is 0 Å². The first-order chi connectivity index (χ1) is 13.5. The monoisotopic (exact) mass is 388 g/mol. The Hall–Kier alpha value is -3.07. The molecule has 3 heterocycles. The Kier molecular flexibility index (Phi) is 4.91. The SMILES string of the molecule is FC(F)(F)c1ccc(NC2NCNC3=C2CCN(c2cnccn2)C=C3)cc1. The third kappa shape index (κ3) is 3.94.